The van der Waals surface area contributed by atoms with E-state index in [-0.39, 0.29) is 17.4 Å². The van der Waals surface area contributed by atoms with Crippen LogP contribution in [0.3, 0.4) is 0 Å². The van der Waals surface area contributed by atoms with Gasteiger partial charge in [-0.05, 0) is 23.8 Å². The monoisotopic (exact) mass is 470 g/mol. The molecule has 0 saturated heterocycles. The maximum absolute atomic E-state index is 12.7. The molecular formula is C21H17F3N8O2. The lowest BCUT2D eigenvalue weighted by atomic mass is 10.0. The minimum absolute atomic E-state index is 0.0150. The van der Waals surface area contributed by atoms with Crippen LogP contribution in [-0.4, -0.2) is 56.1 Å². The first-order valence-corrected chi connectivity index (χ1v) is 9.74. The van der Waals surface area contributed by atoms with Crippen molar-refractivity contribution in [2.75, 3.05) is 24.7 Å². The highest BCUT2D eigenvalue weighted by Crippen LogP contribution is 2.28. The average Bonchev–Trinajstić information content (AvgIpc) is 3.22. The molecule has 13 heteroatoms. The second kappa shape index (κ2) is 8.77. The van der Waals surface area contributed by atoms with Gasteiger partial charge in [-0.2, -0.15) is 18.3 Å². The Morgan fingerprint density at radius 3 is 2.35 bits per heavy atom. The Hall–Kier alpha value is -4.55. The molecule has 3 N–H and O–H groups in total. The van der Waals surface area contributed by atoms with Crippen molar-refractivity contribution < 1.29 is 22.8 Å². The average molecular weight is 470 g/mol. The number of halogens is 3. The number of amides is 3. The van der Waals surface area contributed by atoms with E-state index in [4.69, 9.17) is 0 Å². The third-order valence-corrected chi connectivity index (χ3v) is 4.67. The molecule has 1 aromatic carbocycles. The van der Waals surface area contributed by atoms with E-state index >= 15 is 0 Å². The van der Waals surface area contributed by atoms with E-state index in [9.17, 15) is 22.8 Å². The number of hydrogen-bond acceptors (Lipinski definition) is 6. The van der Waals surface area contributed by atoms with Crippen molar-refractivity contribution in [3.05, 3.63) is 60.6 Å². The van der Waals surface area contributed by atoms with Crippen molar-refractivity contribution in [1.29, 1.82) is 0 Å². The number of aromatic nitrogens is 5. The number of nitrogens with zero attached hydrogens (tertiary/aromatic N) is 5. The maximum Gasteiger partial charge on any atom is 0.451 e. The van der Waals surface area contributed by atoms with Gasteiger partial charge in [0.2, 0.25) is 5.82 Å². The van der Waals surface area contributed by atoms with Gasteiger partial charge in [0.05, 0.1) is 35.5 Å². The van der Waals surface area contributed by atoms with Gasteiger partial charge in [0.25, 0.3) is 5.91 Å². The Morgan fingerprint density at radius 2 is 1.68 bits per heavy atom. The van der Waals surface area contributed by atoms with Gasteiger partial charge in [0, 0.05) is 31.2 Å². The van der Waals surface area contributed by atoms with Crippen LogP contribution in [0, 0.1) is 0 Å². The molecule has 0 unspecified atom stereocenters. The molecule has 0 aliphatic heterocycles. The number of alkyl halides is 3. The predicted octanol–water partition coefficient (Wildman–Crippen LogP) is 3.78. The van der Waals surface area contributed by atoms with Crippen LogP contribution < -0.4 is 10.6 Å². The summed E-state index contributed by atoms with van der Waals surface area (Å²) >= 11 is 0. The minimum atomic E-state index is -4.68. The summed E-state index contributed by atoms with van der Waals surface area (Å²) in [7, 11) is 3.23. The number of pyridine rings is 1. The molecule has 34 heavy (non-hydrogen) atoms. The van der Waals surface area contributed by atoms with Crippen LogP contribution in [0.4, 0.5) is 29.3 Å². The summed E-state index contributed by atoms with van der Waals surface area (Å²) in [6.07, 6.45) is 0.164. The molecule has 0 fully saturated rings. The van der Waals surface area contributed by atoms with Gasteiger partial charge in [-0.3, -0.25) is 14.9 Å². The predicted molar refractivity (Wildman–Crippen MR) is 117 cm³/mol. The Balaban J connectivity index is 1.59. The standard InChI is InChI=1S/C21H17F3N8O2/c1-32(2)20(34)29-13-5-12(7-25-8-13)11-3-4-16-15(6-11)17(31-30-16)18(33)28-14-9-26-19(27-10-14)21(22,23)24/h3-10H,1-2H3,(H,28,33)(H,29,34)(H,30,31). The van der Waals surface area contributed by atoms with Gasteiger partial charge < -0.3 is 15.5 Å². The summed E-state index contributed by atoms with van der Waals surface area (Å²) in [4.78, 5) is 36.6. The Labute approximate surface area is 190 Å². The molecule has 0 atom stereocenters. The van der Waals surface area contributed by atoms with E-state index in [1.165, 1.54) is 11.1 Å². The summed E-state index contributed by atoms with van der Waals surface area (Å²) in [6, 6.07) is 6.65. The first-order chi connectivity index (χ1) is 16.1. The van der Waals surface area contributed by atoms with E-state index in [1.807, 2.05) is 0 Å². The van der Waals surface area contributed by atoms with Crippen LogP contribution in [0.15, 0.2) is 49.1 Å². The SMILES string of the molecule is CN(C)C(=O)Nc1cncc(-c2ccc3[nH]nc(C(=O)Nc4cnc(C(F)(F)F)nc4)c3c2)c1. The number of fused-ring (bicyclic) bond motifs is 1. The lowest BCUT2D eigenvalue weighted by Gasteiger charge is -2.12. The van der Waals surface area contributed by atoms with Crippen molar-refractivity contribution in [3.63, 3.8) is 0 Å². The number of carbonyl (C=O) groups is 2. The number of nitrogens with one attached hydrogen (secondary N) is 3. The fraction of sp³-hybridized carbons (Fsp3) is 0.143. The molecule has 3 aromatic heterocycles. The van der Waals surface area contributed by atoms with E-state index in [0.29, 0.717) is 27.7 Å². The number of hydrogen-bond donors (Lipinski definition) is 3. The zero-order valence-corrected chi connectivity index (χ0v) is 17.8. The van der Waals surface area contributed by atoms with Crippen LogP contribution in [0.1, 0.15) is 16.3 Å². The third kappa shape index (κ3) is 4.77. The molecule has 0 radical (unpaired) electrons. The Bertz CT molecular complexity index is 1370. The van der Waals surface area contributed by atoms with E-state index in [1.54, 1.807) is 44.6 Å². The normalized spacial score (nSPS) is 11.3. The van der Waals surface area contributed by atoms with Gasteiger partial charge in [0.15, 0.2) is 5.69 Å². The summed E-state index contributed by atoms with van der Waals surface area (Å²) < 4.78 is 37.9. The minimum Gasteiger partial charge on any atom is -0.331 e. The van der Waals surface area contributed by atoms with E-state index in [2.05, 4.69) is 35.8 Å². The molecule has 4 rings (SSSR count). The first-order valence-electron chi connectivity index (χ1n) is 9.74. The molecule has 0 spiro atoms. The summed E-state index contributed by atoms with van der Waals surface area (Å²) in [5, 5.41) is 12.4. The molecule has 0 aliphatic carbocycles. The number of benzene rings is 1. The van der Waals surface area contributed by atoms with E-state index < -0.39 is 17.9 Å². The maximum atomic E-state index is 12.7. The van der Waals surface area contributed by atoms with Crippen LogP contribution in [0.25, 0.3) is 22.0 Å². The van der Waals surface area contributed by atoms with Crippen LogP contribution in [0.2, 0.25) is 0 Å². The zero-order valence-electron chi connectivity index (χ0n) is 17.8. The fourth-order valence-electron chi connectivity index (χ4n) is 3.00. The summed E-state index contributed by atoms with van der Waals surface area (Å²) in [5.74, 6) is -1.96. The number of aromatic amines is 1. The zero-order chi connectivity index (χ0) is 24.5. The first kappa shape index (κ1) is 22.6. The molecule has 3 heterocycles. The Kier molecular flexibility index (Phi) is 5.84. The molecule has 3 amide bonds. The molecule has 174 valence electrons. The van der Waals surface area contributed by atoms with Crippen molar-refractivity contribution in [3.8, 4) is 11.1 Å². The van der Waals surface area contributed by atoms with Crippen molar-refractivity contribution >= 4 is 34.2 Å². The second-order valence-electron chi connectivity index (χ2n) is 7.37. The summed E-state index contributed by atoms with van der Waals surface area (Å²) in [5.41, 5.74) is 2.46. The molecule has 0 saturated carbocycles. The van der Waals surface area contributed by atoms with Gasteiger partial charge in [-0.1, -0.05) is 6.07 Å². The number of H-pyrrole nitrogens is 1. The fourth-order valence-corrected chi connectivity index (χ4v) is 3.00. The largest absolute Gasteiger partial charge is 0.451 e. The molecular weight excluding hydrogens is 453 g/mol. The smallest absolute Gasteiger partial charge is 0.331 e. The third-order valence-electron chi connectivity index (χ3n) is 4.67. The highest BCUT2D eigenvalue weighted by molar-refractivity contribution is 6.11. The number of carbonyl (C=O) groups excluding carboxylic acids is 2. The molecule has 0 aliphatic rings. The topological polar surface area (TPSA) is 129 Å². The quantitative estimate of drug-likeness (QED) is 0.416. The molecule has 10 nitrogen and oxygen atoms in total. The lowest BCUT2D eigenvalue weighted by molar-refractivity contribution is -0.144. The number of anilines is 2. The van der Waals surface area contributed by atoms with Gasteiger partial charge >= 0.3 is 12.2 Å². The van der Waals surface area contributed by atoms with Gasteiger partial charge in [-0.15, -0.1) is 0 Å². The van der Waals surface area contributed by atoms with Crippen molar-refractivity contribution in [2.24, 2.45) is 0 Å². The molecule has 4 aromatic rings. The van der Waals surface area contributed by atoms with Crippen molar-refractivity contribution in [2.45, 2.75) is 6.18 Å². The van der Waals surface area contributed by atoms with Gasteiger partial charge in [-0.25, -0.2) is 14.8 Å². The van der Waals surface area contributed by atoms with Crippen LogP contribution >= 0.6 is 0 Å². The second-order valence-corrected chi connectivity index (χ2v) is 7.37. The van der Waals surface area contributed by atoms with Crippen LogP contribution in [-0.2, 0) is 6.18 Å². The summed E-state index contributed by atoms with van der Waals surface area (Å²) in [6.45, 7) is 0. The highest BCUT2D eigenvalue weighted by Gasteiger charge is 2.34. The van der Waals surface area contributed by atoms with Crippen molar-refractivity contribution in [1.82, 2.24) is 30.0 Å². The number of urea groups is 1. The van der Waals surface area contributed by atoms with Crippen LogP contribution in [0.5, 0.6) is 0 Å². The lowest BCUT2D eigenvalue weighted by Crippen LogP contribution is -2.27. The number of rotatable bonds is 4. The highest BCUT2D eigenvalue weighted by atomic mass is 19.4. The Morgan fingerprint density at radius 1 is 0.941 bits per heavy atom. The van der Waals surface area contributed by atoms with Gasteiger partial charge in [0.1, 0.15) is 0 Å². The van der Waals surface area contributed by atoms with E-state index in [0.717, 1.165) is 12.4 Å². The molecule has 0 bridgehead atoms.